The van der Waals surface area contributed by atoms with Gasteiger partial charge in [0.05, 0.1) is 14.2 Å². The van der Waals surface area contributed by atoms with E-state index in [0.29, 0.717) is 23.6 Å². The second-order valence-electron chi connectivity index (χ2n) is 5.62. The van der Waals surface area contributed by atoms with Crippen molar-refractivity contribution in [3.8, 4) is 17.6 Å². The third-order valence-corrected chi connectivity index (χ3v) is 4.20. The van der Waals surface area contributed by atoms with Crippen LogP contribution in [0, 0.1) is 11.3 Å². The number of anilines is 1. The molecule has 2 aromatic carbocycles. The average molecular weight is 334 g/mol. The molecule has 1 aliphatic heterocycles. The molecule has 0 atom stereocenters. The van der Waals surface area contributed by atoms with Crippen LogP contribution in [0.25, 0.3) is 6.08 Å². The molecule has 5 nitrogen and oxygen atoms in total. The number of fused-ring (bicyclic) bond motifs is 1. The highest BCUT2D eigenvalue weighted by Crippen LogP contribution is 2.30. The molecule has 0 saturated carbocycles. The van der Waals surface area contributed by atoms with Crippen molar-refractivity contribution in [2.45, 2.75) is 6.42 Å². The van der Waals surface area contributed by atoms with Gasteiger partial charge in [-0.2, -0.15) is 5.26 Å². The minimum atomic E-state index is -0.290. The van der Waals surface area contributed by atoms with Gasteiger partial charge in [0.1, 0.15) is 11.6 Å². The van der Waals surface area contributed by atoms with Crippen LogP contribution in [0.3, 0.4) is 0 Å². The number of amides is 1. The van der Waals surface area contributed by atoms with Crippen LogP contribution >= 0.6 is 0 Å². The summed E-state index contributed by atoms with van der Waals surface area (Å²) in [4.78, 5) is 14.5. The van der Waals surface area contributed by atoms with Gasteiger partial charge in [-0.05, 0) is 41.8 Å². The minimum absolute atomic E-state index is 0.0870. The molecule has 0 radical (unpaired) electrons. The number of para-hydroxylation sites is 1. The molecule has 0 spiro atoms. The minimum Gasteiger partial charge on any atom is -0.493 e. The first-order valence-electron chi connectivity index (χ1n) is 7.91. The maximum absolute atomic E-state index is 12.8. The second kappa shape index (κ2) is 7.10. The number of hydrogen-bond acceptors (Lipinski definition) is 4. The Hall–Kier alpha value is -3.26. The first kappa shape index (κ1) is 16.6. The molecule has 1 aliphatic rings. The van der Waals surface area contributed by atoms with E-state index >= 15 is 0 Å². The maximum Gasteiger partial charge on any atom is 0.268 e. The lowest BCUT2D eigenvalue weighted by molar-refractivity contribution is -0.114. The standard InChI is InChI=1S/C20H18N2O3/c1-24-18-8-7-14(12-19(18)25-2)11-16(13-21)20(23)22-10-9-15-5-3-4-6-17(15)22/h3-8,11-12H,9-10H2,1-2H3. The number of carbonyl (C=O) groups excluding carboxylic acids is 1. The smallest absolute Gasteiger partial charge is 0.268 e. The Labute approximate surface area is 146 Å². The fourth-order valence-electron chi connectivity index (χ4n) is 2.95. The first-order valence-corrected chi connectivity index (χ1v) is 7.91. The summed E-state index contributed by atoms with van der Waals surface area (Å²) in [6.45, 7) is 0.586. The highest BCUT2D eigenvalue weighted by atomic mass is 16.5. The van der Waals surface area contributed by atoms with E-state index < -0.39 is 0 Å². The first-order chi connectivity index (χ1) is 12.2. The molecule has 126 valence electrons. The van der Waals surface area contributed by atoms with Crippen molar-refractivity contribution < 1.29 is 14.3 Å². The summed E-state index contributed by atoms with van der Waals surface area (Å²) >= 11 is 0. The molecule has 0 aromatic heterocycles. The van der Waals surface area contributed by atoms with Crippen LogP contribution in [0.5, 0.6) is 11.5 Å². The number of rotatable bonds is 4. The maximum atomic E-state index is 12.8. The highest BCUT2D eigenvalue weighted by Gasteiger charge is 2.26. The number of nitrogens with zero attached hydrogens (tertiary/aromatic N) is 2. The number of carbonyl (C=O) groups is 1. The van der Waals surface area contributed by atoms with Gasteiger partial charge in [-0.1, -0.05) is 24.3 Å². The molecule has 0 fully saturated rings. The van der Waals surface area contributed by atoms with Gasteiger partial charge in [-0.3, -0.25) is 4.79 Å². The van der Waals surface area contributed by atoms with E-state index in [1.54, 1.807) is 43.4 Å². The summed E-state index contributed by atoms with van der Waals surface area (Å²) < 4.78 is 10.5. The summed E-state index contributed by atoms with van der Waals surface area (Å²) in [6, 6.07) is 15.1. The van der Waals surface area contributed by atoms with E-state index in [-0.39, 0.29) is 11.5 Å². The fraction of sp³-hybridized carbons (Fsp3) is 0.200. The van der Waals surface area contributed by atoms with E-state index in [1.807, 2.05) is 30.3 Å². The number of benzene rings is 2. The lowest BCUT2D eigenvalue weighted by Crippen LogP contribution is -2.29. The van der Waals surface area contributed by atoms with Gasteiger partial charge in [0.25, 0.3) is 5.91 Å². The Morgan fingerprint density at radius 2 is 1.92 bits per heavy atom. The summed E-state index contributed by atoms with van der Waals surface area (Å²) in [5, 5.41) is 9.47. The molecule has 0 unspecified atom stereocenters. The lowest BCUT2D eigenvalue weighted by Gasteiger charge is -2.16. The van der Waals surface area contributed by atoms with E-state index in [1.165, 1.54) is 0 Å². The molecular weight excluding hydrogens is 316 g/mol. The zero-order valence-electron chi connectivity index (χ0n) is 14.2. The largest absolute Gasteiger partial charge is 0.493 e. The van der Waals surface area contributed by atoms with E-state index in [2.05, 4.69) is 0 Å². The van der Waals surface area contributed by atoms with Gasteiger partial charge in [-0.25, -0.2) is 0 Å². The van der Waals surface area contributed by atoms with Crippen LogP contribution < -0.4 is 14.4 Å². The molecular formula is C20H18N2O3. The van der Waals surface area contributed by atoms with Crippen molar-refractivity contribution in [2.75, 3.05) is 25.7 Å². The quantitative estimate of drug-likeness (QED) is 0.636. The summed E-state index contributed by atoms with van der Waals surface area (Å²) in [7, 11) is 3.10. The van der Waals surface area contributed by atoms with Gasteiger partial charge < -0.3 is 14.4 Å². The topological polar surface area (TPSA) is 62.6 Å². The molecule has 0 saturated heterocycles. The molecule has 2 aromatic rings. The Kier molecular flexibility index (Phi) is 4.71. The van der Waals surface area contributed by atoms with Crippen LogP contribution in [0.15, 0.2) is 48.0 Å². The number of methoxy groups -OCH3 is 2. The van der Waals surface area contributed by atoms with Gasteiger partial charge in [0, 0.05) is 12.2 Å². The predicted octanol–water partition coefficient (Wildman–Crippen LogP) is 3.20. The summed E-state index contributed by atoms with van der Waals surface area (Å²) in [5.74, 6) is 0.854. The van der Waals surface area contributed by atoms with Crippen molar-refractivity contribution in [2.24, 2.45) is 0 Å². The summed E-state index contributed by atoms with van der Waals surface area (Å²) in [5.41, 5.74) is 2.79. The molecule has 25 heavy (non-hydrogen) atoms. The monoisotopic (exact) mass is 334 g/mol. The molecule has 1 heterocycles. The van der Waals surface area contributed by atoms with Gasteiger partial charge in [0.15, 0.2) is 11.5 Å². The molecule has 1 amide bonds. The van der Waals surface area contributed by atoms with Gasteiger partial charge in [0.2, 0.25) is 0 Å². The van der Waals surface area contributed by atoms with Crippen LogP contribution in [-0.4, -0.2) is 26.7 Å². The van der Waals surface area contributed by atoms with E-state index in [0.717, 1.165) is 17.7 Å². The van der Waals surface area contributed by atoms with Crippen LogP contribution in [0.4, 0.5) is 5.69 Å². The van der Waals surface area contributed by atoms with Gasteiger partial charge >= 0.3 is 0 Å². The third kappa shape index (κ3) is 3.20. The zero-order chi connectivity index (χ0) is 17.8. The van der Waals surface area contributed by atoms with Crippen molar-refractivity contribution in [3.05, 3.63) is 59.2 Å². The van der Waals surface area contributed by atoms with Crippen molar-refractivity contribution in [3.63, 3.8) is 0 Å². The van der Waals surface area contributed by atoms with E-state index in [4.69, 9.17) is 9.47 Å². The molecule has 0 bridgehead atoms. The summed E-state index contributed by atoms with van der Waals surface area (Å²) in [6.07, 6.45) is 2.38. The van der Waals surface area contributed by atoms with Crippen molar-refractivity contribution in [1.82, 2.24) is 0 Å². The Balaban J connectivity index is 1.92. The number of nitriles is 1. The molecule has 3 rings (SSSR count). The SMILES string of the molecule is COc1ccc(C=C(C#N)C(=O)N2CCc3ccccc32)cc1OC. The lowest BCUT2D eigenvalue weighted by atomic mass is 10.1. The van der Waals surface area contributed by atoms with Crippen molar-refractivity contribution >= 4 is 17.7 Å². The van der Waals surface area contributed by atoms with Crippen LogP contribution in [-0.2, 0) is 11.2 Å². The second-order valence-corrected chi connectivity index (χ2v) is 5.62. The van der Waals surface area contributed by atoms with Gasteiger partial charge in [-0.15, -0.1) is 0 Å². The fourth-order valence-corrected chi connectivity index (χ4v) is 2.95. The number of ether oxygens (including phenoxy) is 2. The highest BCUT2D eigenvalue weighted by molar-refractivity contribution is 6.12. The Bertz CT molecular complexity index is 881. The normalized spacial score (nSPS) is 13.2. The van der Waals surface area contributed by atoms with Crippen LogP contribution in [0.2, 0.25) is 0 Å². The number of hydrogen-bond donors (Lipinski definition) is 0. The van der Waals surface area contributed by atoms with Crippen LogP contribution in [0.1, 0.15) is 11.1 Å². The third-order valence-electron chi connectivity index (χ3n) is 4.20. The zero-order valence-corrected chi connectivity index (χ0v) is 14.2. The van der Waals surface area contributed by atoms with Crippen molar-refractivity contribution in [1.29, 1.82) is 5.26 Å². The van der Waals surface area contributed by atoms with E-state index in [9.17, 15) is 10.1 Å². The predicted molar refractivity (Wildman–Crippen MR) is 95.6 cm³/mol. The molecule has 0 N–H and O–H groups in total. The molecule has 0 aliphatic carbocycles. The Morgan fingerprint density at radius 1 is 1.16 bits per heavy atom. The average Bonchev–Trinajstić information content (AvgIpc) is 3.09. The Morgan fingerprint density at radius 3 is 2.64 bits per heavy atom. The molecule has 5 heteroatoms.